The van der Waals surface area contributed by atoms with E-state index in [1.165, 1.54) is 17.7 Å². The van der Waals surface area contributed by atoms with E-state index in [0.717, 1.165) is 36.7 Å². The molecule has 0 radical (unpaired) electrons. The molecule has 1 N–H and O–H groups in total. The minimum atomic E-state index is 0.166. The lowest BCUT2D eigenvalue weighted by Crippen LogP contribution is -2.25. The minimum Gasteiger partial charge on any atom is -0.508 e. The normalized spacial score (nSPS) is 25.3. The Morgan fingerprint density at radius 1 is 1.00 bits per heavy atom. The van der Waals surface area contributed by atoms with Crippen molar-refractivity contribution in [3.05, 3.63) is 60.2 Å². The van der Waals surface area contributed by atoms with Crippen molar-refractivity contribution in [2.45, 2.75) is 29.4 Å². The summed E-state index contributed by atoms with van der Waals surface area (Å²) < 4.78 is 0. The first-order chi connectivity index (χ1) is 12.7. The summed E-state index contributed by atoms with van der Waals surface area (Å²) in [6.07, 6.45) is 3.16. The van der Waals surface area contributed by atoms with E-state index in [4.69, 9.17) is 0 Å². The molecule has 1 aliphatic heterocycles. The van der Waals surface area contributed by atoms with Crippen molar-refractivity contribution < 1.29 is 9.90 Å². The number of fused-ring (bicyclic) bond motifs is 1. The first kappa shape index (κ1) is 17.6. The highest BCUT2D eigenvalue weighted by Crippen LogP contribution is 2.44. The van der Waals surface area contributed by atoms with Gasteiger partial charge in [-0.05, 0) is 61.1 Å². The second kappa shape index (κ2) is 7.85. The molecule has 4 heteroatoms. The molecule has 1 saturated carbocycles. The quantitative estimate of drug-likeness (QED) is 0.765. The molecule has 2 aromatic rings. The van der Waals surface area contributed by atoms with Gasteiger partial charge in [0.25, 0.3) is 0 Å². The van der Waals surface area contributed by atoms with Crippen LogP contribution in [-0.4, -0.2) is 40.7 Å². The molecule has 1 heterocycles. The van der Waals surface area contributed by atoms with E-state index in [1.807, 2.05) is 11.8 Å². The lowest BCUT2D eigenvalue weighted by molar-refractivity contribution is 0.0967. The molecule has 2 aliphatic rings. The summed E-state index contributed by atoms with van der Waals surface area (Å²) in [5, 5.41) is 10.1. The van der Waals surface area contributed by atoms with Gasteiger partial charge in [-0.1, -0.05) is 18.2 Å². The zero-order valence-electron chi connectivity index (χ0n) is 14.9. The predicted molar refractivity (Wildman–Crippen MR) is 106 cm³/mol. The number of benzene rings is 2. The Morgan fingerprint density at radius 3 is 2.31 bits per heavy atom. The van der Waals surface area contributed by atoms with Crippen molar-refractivity contribution in [3.8, 4) is 5.75 Å². The first-order valence-electron chi connectivity index (χ1n) is 9.43. The lowest BCUT2D eigenvalue weighted by atomic mass is 10.0. The smallest absolute Gasteiger partial charge is 0.164 e. The molecule has 0 aromatic heterocycles. The van der Waals surface area contributed by atoms with Crippen LogP contribution in [0, 0.1) is 11.8 Å². The maximum atomic E-state index is 12.3. The van der Waals surface area contributed by atoms with Gasteiger partial charge in [0.1, 0.15) is 5.75 Å². The van der Waals surface area contributed by atoms with Gasteiger partial charge in [0.05, 0.1) is 0 Å². The fourth-order valence-corrected chi connectivity index (χ4v) is 5.75. The number of carbonyl (C=O) groups is 1. The van der Waals surface area contributed by atoms with Crippen LogP contribution in [0.1, 0.15) is 29.6 Å². The van der Waals surface area contributed by atoms with Crippen LogP contribution >= 0.6 is 11.8 Å². The fourth-order valence-electron chi connectivity index (χ4n) is 4.36. The van der Waals surface area contributed by atoms with E-state index in [9.17, 15) is 9.90 Å². The molecule has 1 saturated heterocycles. The van der Waals surface area contributed by atoms with Gasteiger partial charge in [-0.2, -0.15) is 0 Å². The molecule has 2 fully saturated rings. The van der Waals surface area contributed by atoms with Crippen molar-refractivity contribution >= 4 is 17.5 Å². The Morgan fingerprint density at radius 2 is 1.65 bits per heavy atom. The van der Waals surface area contributed by atoms with Gasteiger partial charge < -0.3 is 10.0 Å². The van der Waals surface area contributed by atoms with Gasteiger partial charge in [0.2, 0.25) is 0 Å². The summed E-state index contributed by atoms with van der Waals surface area (Å²) in [6, 6.07) is 17.3. The number of thioether (sulfide) groups is 1. The highest BCUT2D eigenvalue weighted by molar-refractivity contribution is 8.00. The van der Waals surface area contributed by atoms with Crippen molar-refractivity contribution in [2.75, 3.05) is 19.6 Å². The molecule has 136 valence electrons. The van der Waals surface area contributed by atoms with E-state index < -0.39 is 0 Å². The number of Topliss-reactive ketones (excluding diaryl/α,β-unsaturated/α-hetero) is 1. The Bertz CT molecular complexity index is 732. The summed E-state index contributed by atoms with van der Waals surface area (Å²) in [5.41, 5.74) is 0.696. The van der Waals surface area contributed by atoms with Crippen molar-refractivity contribution in [1.82, 2.24) is 4.90 Å². The van der Waals surface area contributed by atoms with Crippen molar-refractivity contribution in [1.29, 1.82) is 0 Å². The zero-order chi connectivity index (χ0) is 17.9. The molecule has 0 amide bonds. The van der Waals surface area contributed by atoms with Crippen LogP contribution in [0.4, 0.5) is 0 Å². The summed E-state index contributed by atoms with van der Waals surface area (Å²) in [6.45, 7) is 3.13. The monoisotopic (exact) mass is 367 g/mol. The summed E-state index contributed by atoms with van der Waals surface area (Å²) in [5.74, 6) is 1.95. The second-order valence-electron chi connectivity index (χ2n) is 7.52. The molecule has 0 bridgehead atoms. The van der Waals surface area contributed by atoms with Crippen LogP contribution in [-0.2, 0) is 0 Å². The molecule has 2 aromatic carbocycles. The number of ketones is 1. The lowest BCUT2D eigenvalue weighted by Gasteiger charge is -2.18. The molecule has 0 spiro atoms. The van der Waals surface area contributed by atoms with Gasteiger partial charge in [-0.3, -0.25) is 4.79 Å². The number of phenols is 1. The molecule has 3 nitrogen and oxygen atoms in total. The van der Waals surface area contributed by atoms with Gasteiger partial charge >= 0.3 is 0 Å². The third-order valence-electron chi connectivity index (χ3n) is 5.67. The summed E-state index contributed by atoms with van der Waals surface area (Å²) >= 11 is 2.03. The predicted octanol–water partition coefficient (Wildman–Crippen LogP) is 4.47. The standard InChI is InChI=1S/C22H25NO2S/c24-19-8-6-16(7-9-19)22(25)10-11-23-14-17-12-21(13-18(17)15-23)26-20-4-2-1-3-5-20/h1-9,17-18,21,24H,10-15H2/t17-,18+,21?. The average molecular weight is 368 g/mol. The molecular weight excluding hydrogens is 342 g/mol. The largest absolute Gasteiger partial charge is 0.508 e. The van der Waals surface area contributed by atoms with E-state index >= 15 is 0 Å². The fraction of sp³-hybridized carbons (Fsp3) is 0.409. The van der Waals surface area contributed by atoms with E-state index in [2.05, 4.69) is 35.2 Å². The van der Waals surface area contributed by atoms with E-state index in [1.54, 1.807) is 24.3 Å². The second-order valence-corrected chi connectivity index (χ2v) is 8.90. The number of hydrogen-bond acceptors (Lipinski definition) is 4. The Balaban J connectivity index is 1.23. The Kier molecular flexibility index (Phi) is 5.32. The third kappa shape index (κ3) is 4.13. The Hall–Kier alpha value is -1.78. The number of nitrogens with zero attached hydrogens (tertiary/aromatic N) is 1. The number of aromatic hydroxyl groups is 1. The average Bonchev–Trinajstić information content (AvgIpc) is 3.19. The molecule has 1 aliphatic carbocycles. The summed E-state index contributed by atoms with van der Waals surface area (Å²) in [4.78, 5) is 16.2. The van der Waals surface area contributed by atoms with Crippen LogP contribution in [0.3, 0.4) is 0 Å². The maximum absolute atomic E-state index is 12.3. The number of carbonyl (C=O) groups excluding carboxylic acids is 1. The van der Waals surface area contributed by atoms with Gasteiger partial charge in [0, 0.05) is 41.8 Å². The number of hydrogen-bond donors (Lipinski definition) is 1. The zero-order valence-corrected chi connectivity index (χ0v) is 15.7. The topological polar surface area (TPSA) is 40.5 Å². The molecule has 1 unspecified atom stereocenters. The van der Waals surface area contributed by atoms with Gasteiger partial charge in [-0.25, -0.2) is 0 Å². The van der Waals surface area contributed by atoms with Crippen molar-refractivity contribution in [2.24, 2.45) is 11.8 Å². The van der Waals surface area contributed by atoms with Crippen LogP contribution < -0.4 is 0 Å². The van der Waals surface area contributed by atoms with Crippen LogP contribution in [0.5, 0.6) is 5.75 Å². The highest BCUT2D eigenvalue weighted by atomic mass is 32.2. The molecule has 26 heavy (non-hydrogen) atoms. The summed E-state index contributed by atoms with van der Waals surface area (Å²) in [7, 11) is 0. The van der Waals surface area contributed by atoms with Crippen LogP contribution in [0.25, 0.3) is 0 Å². The van der Waals surface area contributed by atoms with Crippen molar-refractivity contribution in [3.63, 3.8) is 0 Å². The van der Waals surface area contributed by atoms with E-state index in [0.29, 0.717) is 12.0 Å². The first-order valence-corrected chi connectivity index (χ1v) is 10.3. The highest BCUT2D eigenvalue weighted by Gasteiger charge is 2.40. The number of phenolic OH excluding ortho intramolecular Hbond substituents is 1. The molecule has 3 atom stereocenters. The van der Waals surface area contributed by atoms with Gasteiger partial charge in [-0.15, -0.1) is 11.8 Å². The number of likely N-dealkylation sites (tertiary alicyclic amines) is 1. The Labute approximate surface area is 159 Å². The molecule has 4 rings (SSSR count). The van der Waals surface area contributed by atoms with Crippen LogP contribution in [0.15, 0.2) is 59.5 Å². The van der Waals surface area contributed by atoms with Crippen LogP contribution in [0.2, 0.25) is 0 Å². The number of rotatable bonds is 6. The third-order valence-corrected chi connectivity index (χ3v) is 6.94. The van der Waals surface area contributed by atoms with E-state index in [-0.39, 0.29) is 11.5 Å². The molecular formula is C22H25NO2S. The SMILES string of the molecule is O=C(CCN1C[C@H]2CC(Sc3ccccc3)C[C@H]2C1)c1ccc(O)cc1. The van der Waals surface area contributed by atoms with Gasteiger partial charge in [0.15, 0.2) is 5.78 Å². The maximum Gasteiger partial charge on any atom is 0.164 e. The minimum absolute atomic E-state index is 0.166.